The first-order valence-corrected chi connectivity index (χ1v) is 6.10. The van der Waals surface area contributed by atoms with Crippen molar-refractivity contribution in [2.24, 2.45) is 5.92 Å². The van der Waals surface area contributed by atoms with Gasteiger partial charge in [0.2, 0.25) is 0 Å². The maximum Gasteiger partial charge on any atom is 0.312 e. The fourth-order valence-electron chi connectivity index (χ4n) is 1.53. The third-order valence-electron chi connectivity index (χ3n) is 2.55. The quantitative estimate of drug-likeness (QED) is 0.601. The highest BCUT2D eigenvalue weighted by Gasteiger charge is 2.16. The number of ether oxygens (including phenoxy) is 1. The van der Waals surface area contributed by atoms with Gasteiger partial charge in [-0.2, -0.15) is 5.26 Å². The summed E-state index contributed by atoms with van der Waals surface area (Å²) >= 11 is 0. The average molecular weight is 263 g/mol. The van der Waals surface area contributed by atoms with Gasteiger partial charge in [-0.25, -0.2) is 0 Å². The van der Waals surface area contributed by atoms with Gasteiger partial charge in [-0.05, 0) is 18.7 Å². The van der Waals surface area contributed by atoms with Gasteiger partial charge in [-0.3, -0.25) is 10.1 Å². The molecule has 0 aliphatic heterocycles. The van der Waals surface area contributed by atoms with Crippen molar-refractivity contribution in [3.05, 3.63) is 33.9 Å². The summed E-state index contributed by atoms with van der Waals surface area (Å²) in [6.07, 6.45) is 0. The van der Waals surface area contributed by atoms with Crippen molar-refractivity contribution in [2.75, 3.05) is 19.7 Å². The van der Waals surface area contributed by atoms with Gasteiger partial charge in [-0.1, -0.05) is 13.8 Å². The number of nitrogens with one attached hydrogen (secondary N) is 1. The number of rotatable bonds is 7. The molecule has 102 valence electrons. The van der Waals surface area contributed by atoms with Gasteiger partial charge in [0, 0.05) is 18.5 Å². The van der Waals surface area contributed by atoms with E-state index in [4.69, 9.17) is 10.00 Å². The zero-order chi connectivity index (χ0) is 14.3. The van der Waals surface area contributed by atoms with Crippen LogP contribution < -0.4 is 10.1 Å². The molecule has 0 spiro atoms. The predicted molar refractivity (Wildman–Crippen MR) is 71.0 cm³/mol. The van der Waals surface area contributed by atoms with Crippen molar-refractivity contribution in [1.29, 1.82) is 5.26 Å². The second-order valence-electron chi connectivity index (χ2n) is 4.28. The van der Waals surface area contributed by atoms with Crippen LogP contribution in [0.25, 0.3) is 0 Å². The molecule has 1 aromatic rings. The van der Waals surface area contributed by atoms with E-state index in [1.165, 1.54) is 18.2 Å². The lowest BCUT2D eigenvalue weighted by Gasteiger charge is -2.13. The summed E-state index contributed by atoms with van der Waals surface area (Å²) < 4.78 is 5.47. The molecule has 0 aromatic heterocycles. The van der Waals surface area contributed by atoms with Gasteiger partial charge >= 0.3 is 5.69 Å². The Labute approximate surface area is 112 Å². The Morgan fingerprint density at radius 1 is 1.58 bits per heavy atom. The molecule has 1 rings (SSSR count). The summed E-state index contributed by atoms with van der Waals surface area (Å²) in [5, 5.41) is 22.8. The molecule has 6 nitrogen and oxygen atoms in total. The lowest BCUT2D eigenvalue weighted by Crippen LogP contribution is -2.24. The maximum absolute atomic E-state index is 10.9. The molecule has 0 aliphatic carbocycles. The fourth-order valence-corrected chi connectivity index (χ4v) is 1.53. The number of nitro benzene ring substituents is 1. The van der Waals surface area contributed by atoms with Crippen LogP contribution in [0.4, 0.5) is 5.69 Å². The number of hydrogen-bond acceptors (Lipinski definition) is 5. The molecule has 0 aliphatic rings. The van der Waals surface area contributed by atoms with E-state index in [2.05, 4.69) is 5.32 Å². The maximum atomic E-state index is 10.9. The minimum Gasteiger partial charge on any atom is -0.486 e. The van der Waals surface area contributed by atoms with E-state index < -0.39 is 4.92 Å². The van der Waals surface area contributed by atoms with Crippen molar-refractivity contribution in [2.45, 2.75) is 13.8 Å². The molecule has 19 heavy (non-hydrogen) atoms. The lowest BCUT2D eigenvalue weighted by atomic mass is 10.2. The first-order valence-electron chi connectivity index (χ1n) is 6.10. The summed E-state index contributed by atoms with van der Waals surface area (Å²) in [5.74, 6) is 0.447. The molecule has 1 aromatic carbocycles. The molecule has 0 amide bonds. The van der Waals surface area contributed by atoms with Gasteiger partial charge in [0.05, 0.1) is 23.2 Å². The number of benzene rings is 1. The Kier molecular flexibility index (Phi) is 5.76. The number of nitrogens with zero attached hydrogens (tertiary/aromatic N) is 2. The molecular weight excluding hydrogens is 246 g/mol. The van der Waals surface area contributed by atoms with E-state index in [0.29, 0.717) is 6.61 Å². The molecule has 0 bridgehead atoms. The van der Waals surface area contributed by atoms with Crippen LogP contribution in [-0.4, -0.2) is 24.6 Å². The molecular formula is C13H17N3O3. The summed E-state index contributed by atoms with van der Waals surface area (Å²) in [4.78, 5) is 10.4. The molecule has 0 fully saturated rings. The van der Waals surface area contributed by atoms with E-state index >= 15 is 0 Å². The minimum atomic E-state index is -0.537. The van der Waals surface area contributed by atoms with Gasteiger partial charge in [0.1, 0.15) is 0 Å². The topological polar surface area (TPSA) is 88.2 Å². The molecule has 1 atom stereocenters. The van der Waals surface area contributed by atoms with E-state index in [0.717, 1.165) is 13.1 Å². The van der Waals surface area contributed by atoms with Crippen molar-refractivity contribution >= 4 is 5.69 Å². The standard InChI is InChI=1S/C13H17N3O3/c1-3-15-8-10(2)9-19-13-5-4-11(7-14)6-12(13)16(17)18/h4-6,10,15H,3,8-9H2,1-2H3. The normalized spacial score (nSPS) is 11.6. The van der Waals surface area contributed by atoms with Crippen LogP contribution in [0.2, 0.25) is 0 Å². The number of nitriles is 1. The van der Waals surface area contributed by atoms with Crippen molar-refractivity contribution in [1.82, 2.24) is 5.32 Å². The largest absolute Gasteiger partial charge is 0.486 e. The molecule has 0 radical (unpaired) electrons. The first kappa shape index (κ1) is 14.9. The number of hydrogen-bond donors (Lipinski definition) is 1. The monoisotopic (exact) mass is 263 g/mol. The van der Waals surface area contributed by atoms with Crippen LogP contribution in [-0.2, 0) is 0 Å². The Balaban J connectivity index is 2.73. The summed E-state index contributed by atoms with van der Waals surface area (Å²) in [7, 11) is 0. The van der Waals surface area contributed by atoms with Crippen molar-refractivity contribution in [3.8, 4) is 11.8 Å². The predicted octanol–water partition coefficient (Wildman–Crippen LogP) is 2.09. The smallest absolute Gasteiger partial charge is 0.312 e. The van der Waals surface area contributed by atoms with Crippen LogP contribution in [0.1, 0.15) is 19.4 Å². The van der Waals surface area contributed by atoms with E-state index in [9.17, 15) is 10.1 Å². The van der Waals surface area contributed by atoms with Crippen LogP contribution >= 0.6 is 0 Å². The van der Waals surface area contributed by atoms with Crippen LogP contribution in [0.15, 0.2) is 18.2 Å². The van der Waals surface area contributed by atoms with Gasteiger partial charge in [-0.15, -0.1) is 0 Å². The Bertz CT molecular complexity index is 483. The van der Waals surface area contributed by atoms with Crippen molar-refractivity contribution < 1.29 is 9.66 Å². The Hall–Kier alpha value is -2.13. The van der Waals surface area contributed by atoms with Crippen LogP contribution in [0, 0.1) is 27.4 Å². The van der Waals surface area contributed by atoms with Gasteiger partial charge < -0.3 is 10.1 Å². The SMILES string of the molecule is CCNCC(C)COc1ccc(C#N)cc1[N+](=O)[O-]. The second-order valence-corrected chi connectivity index (χ2v) is 4.28. The summed E-state index contributed by atoms with van der Waals surface area (Å²) in [5.41, 5.74) is 0.0782. The van der Waals surface area contributed by atoms with E-state index in [1.807, 2.05) is 19.9 Å². The van der Waals surface area contributed by atoms with Crippen LogP contribution in [0.3, 0.4) is 0 Å². The van der Waals surface area contributed by atoms with Crippen LogP contribution in [0.5, 0.6) is 5.75 Å². The molecule has 1 unspecified atom stereocenters. The van der Waals surface area contributed by atoms with Crippen molar-refractivity contribution in [3.63, 3.8) is 0 Å². The Morgan fingerprint density at radius 2 is 2.32 bits per heavy atom. The zero-order valence-corrected chi connectivity index (χ0v) is 11.0. The molecule has 0 heterocycles. The van der Waals surface area contributed by atoms with Gasteiger partial charge in [0.15, 0.2) is 5.75 Å². The average Bonchev–Trinajstić information content (AvgIpc) is 2.42. The first-order chi connectivity index (χ1) is 9.08. The Morgan fingerprint density at radius 3 is 2.89 bits per heavy atom. The van der Waals surface area contributed by atoms with E-state index in [1.54, 1.807) is 0 Å². The number of nitro groups is 1. The molecule has 0 saturated carbocycles. The fraction of sp³-hybridized carbons (Fsp3) is 0.462. The second kappa shape index (κ2) is 7.34. The highest BCUT2D eigenvalue weighted by Crippen LogP contribution is 2.28. The highest BCUT2D eigenvalue weighted by atomic mass is 16.6. The molecule has 1 N–H and O–H groups in total. The zero-order valence-electron chi connectivity index (χ0n) is 11.0. The third-order valence-corrected chi connectivity index (χ3v) is 2.55. The van der Waals surface area contributed by atoms with Gasteiger partial charge in [0.25, 0.3) is 0 Å². The summed E-state index contributed by atoms with van der Waals surface area (Å²) in [6, 6.07) is 6.08. The van der Waals surface area contributed by atoms with E-state index in [-0.39, 0.29) is 22.9 Å². The molecule has 0 saturated heterocycles. The third kappa shape index (κ3) is 4.56. The lowest BCUT2D eigenvalue weighted by molar-refractivity contribution is -0.385. The minimum absolute atomic E-state index is 0.172. The summed E-state index contributed by atoms with van der Waals surface area (Å²) in [6.45, 7) is 6.07. The molecule has 6 heteroatoms. The highest BCUT2D eigenvalue weighted by molar-refractivity contribution is 5.51.